The van der Waals surface area contributed by atoms with Crippen LogP contribution in [0.3, 0.4) is 0 Å². The maximum atomic E-state index is 13.2. The molecule has 2 atom stereocenters. The number of hydrogen-bond donors (Lipinski definition) is 3. The highest BCUT2D eigenvalue weighted by atomic mass is 32.2. The molecule has 0 aliphatic carbocycles. The lowest BCUT2D eigenvalue weighted by Crippen LogP contribution is -2.71. The normalized spacial score (nSPS) is 18.1. The fourth-order valence-corrected chi connectivity index (χ4v) is 8.31. The van der Waals surface area contributed by atoms with Crippen LogP contribution in [0.2, 0.25) is 0 Å². The van der Waals surface area contributed by atoms with Crippen LogP contribution in [0.1, 0.15) is 5.69 Å². The molecule has 45 heavy (non-hydrogen) atoms. The molecule has 1 unspecified atom stereocenters. The zero-order valence-electron chi connectivity index (χ0n) is 24.0. The molecule has 2 aliphatic rings. The third kappa shape index (κ3) is 5.83. The molecule has 13 nitrogen and oxygen atoms in total. The van der Waals surface area contributed by atoms with Gasteiger partial charge in [-0.25, -0.2) is 14.8 Å². The topological polar surface area (TPSA) is 173 Å². The minimum atomic E-state index is -1.22. The summed E-state index contributed by atoms with van der Waals surface area (Å²) in [7, 11) is 2.92. The first kappa shape index (κ1) is 30.8. The van der Waals surface area contributed by atoms with E-state index < -0.39 is 29.2 Å². The molecule has 1 fully saturated rings. The second-order valence-corrected chi connectivity index (χ2v) is 13.7. The van der Waals surface area contributed by atoms with Gasteiger partial charge in [-0.1, -0.05) is 5.16 Å². The van der Waals surface area contributed by atoms with Crippen molar-refractivity contribution >= 4 is 85.0 Å². The number of ether oxygens (including phenoxy) is 1. The summed E-state index contributed by atoms with van der Waals surface area (Å²) in [5.41, 5.74) is 7.88. The van der Waals surface area contributed by atoms with Gasteiger partial charge in [-0.15, -0.1) is 46.2 Å². The number of thioether (sulfide) groups is 2. The van der Waals surface area contributed by atoms with Gasteiger partial charge in [-0.2, -0.15) is 4.57 Å². The van der Waals surface area contributed by atoms with Gasteiger partial charge in [0.2, 0.25) is 0 Å². The number of nitrogens with zero attached hydrogens (tertiary/aromatic N) is 5. The number of rotatable bonds is 10. The maximum absolute atomic E-state index is 13.2. The van der Waals surface area contributed by atoms with Crippen LogP contribution in [0, 0.1) is 0 Å². The van der Waals surface area contributed by atoms with Crippen molar-refractivity contribution in [1.82, 2.24) is 20.2 Å². The molecule has 0 saturated carbocycles. The van der Waals surface area contributed by atoms with Gasteiger partial charge >= 0.3 is 5.97 Å². The van der Waals surface area contributed by atoms with Crippen LogP contribution in [-0.4, -0.2) is 81.1 Å². The van der Waals surface area contributed by atoms with Crippen LogP contribution in [-0.2, 0) is 25.8 Å². The van der Waals surface area contributed by atoms with Gasteiger partial charge in [0, 0.05) is 27.7 Å². The summed E-state index contributed by atoms with van der Waals surface area (Å²) in [5.74, 6) is -1.35. The van der Waals surface area contributed by atoms with Gasteiger partial charge < -0.3 is 25.7 Å². The lowest BCUT2D eigenvalue weighted by atomic mass is 10.0. The maximum Gasteiger partial charge on any atom is 0.352 e. The Bertz CT molecular complexity index is 1900. The molecular weight excluding hydrogens is 659 g/mol. The highest BCUT2D eigenvalue weighted by Gasteiger charge is 2.54. The number of carbonyl (C=O) groups excluding carboxylic acids is 2. The van der Waals surface area contributed by atoms with Gasteiger partial charge in [-0.05, 0) is 24.5 Å². The average Bonchev–Trinajstić information content (AvgIpc) is 3.67. The Morgan fingerprint density at radius 3 is 2.80 bits per heavy atom. The van der Waals surface area contributed by atoms with Crippen molar-refractivity contribution in [3.8, 4) is 16.3 Å². The SMILES string of the molecule is CON=C(C(=O)NC1C(=O)N2C(C(=O)O)=C(C[n+]3ccc4sc(-c5ccc(SC)cc5OC)nc4c3)CS[C@@H]12)c1csc(N)n1. The summed E-state index contributed by atoms with van der Waals surface area (Å²) >= 11 is 5.67. The lowest BCUT2D eigenvalue weighted by Gasteiger charge is -2.49. The fourth-order valence-electron chi connectivity index (χ4n) is 5.03. The van der Waals surface area contributed by atoms with Crippen LogP contribution >= 0.6 is 46.2 Å². The number of carbonyl (C=O) groups is 3. The number of amides is 2. The zero-order chi connectivity index (χ0) is 31.8. The third-order valence-electron chi connectivity index (χ3n) is 7.10. The number of aliphatic carboxylic acids is 1. The number of hydrogen-bond acceptors (Lipinski definition) is 13. The Labute approximate surface area is 273 Å². The predicted molar refractivity (Wildman–Crippen MR) is 173 cm³/mol. The number of fused-ring (bicyclic) bond motifs is 2. The molecule has 5 heterocycles. The summed E-state index contributed by atoms with van der Waals surface area (Å²) < 4.78 is 8.44. The van der Waals surface area contributed by atoms with Crippen molar-refractivity contribution in [1.29, 1.82) is 0 Å². The molecule has 1 aromatic carbocycles. The number of benzene rings is 1. The molecule has 232 valence electrons. The molecule has 3 aromatic heterocycles. The van der Waals surface area contributed by atoms with E-state index in [1.165, 1.54) is 35.1 Å². The molecular formula is C28H26N7O6S4+. The molecule has 0 bridgehead atoms. The number of thiazole rings is 2. The molecule has 1 saturated heterocycles. The Kier molecular flexibility index (Phi) is 8.67. The Morgan fingerprint density at radius 2 is 2.11 bits per heavy atom. The molecule has 4 aromatic rings. The Hall–Kier alpha value is -4.19. The third-order valence-corrected chi connectivity index (χ3v) is 10.9. The number of nitrogen functional groups attached to an aromatic ring is 1. The quantitative estimate of drug-likeness (QED) is 0.0737. The van der Waals surface area contributed by atoms with E-state index >= 15 is 0 Å². The number of oxime groups is 1. The van der Waals surface area contributed by atoms with E-state index in [-0.39, 0.29) is 28.8 Å². The zero-order valence-corrected chi connectivity index (χ0v) is 27.3. The van der Waals surface area contributed by atoms with E-state index in [2.05, 4.69) is 15.5 Å². The molecule has 4 N–H and O–H groups in total. The number of carboxylic acids is 1. The van der Waals surface area contributed by atoms with E-state index in [9.17, 15) is 19.5 Å². The second kappa shape index (κ2) is 12.7. The van der Waals surface area contributed by atoms with E-state index in [4.69, 9.17) is 20.3 Å². The predicted octanol–water partition coefficient (Wildman–Crippen LogP) is 2.81. The van der Waals surface area contributed by atoms with Crippen LogP contribution < -0.4 is 20.4 Å². The van der Waals surface area contributed by atoms with Crippen molar-refractivity contribution in [2.45, 2.75) is 22.9 Å². The van der Waals surface area contributed by atoms with Crippen LogP contribution in [0.4, 0.5) is 5.13 Å². The van der Waals surface area contributed by atoms with Crippen LogP contribution in [0.25, 0.3) is 20.8 Å². The molecule has 2 amide bonds. The summed E-state index contributed by atoms with van der Waals surface area (Å²) in [6, 6.07) is 7.00. The number of anilines is 1. The smallest absolute Gasteiger partial charge is 0.352 e. The highest BCUT2D eigenvalue weighted by Crippen LogP contribution is 2.41. The van der Waals surface area contributed by atoms with Gasteiger partial charge in [0.05, 0.1) is 17.4 Å². The van der Waals surface area contributed by atoms with Crippen molar-refractivity contribution in [2.75, 3.05) is 32.0 Å². The van der Waals surface area contributed by atoms with Crippen molar-refractivity contribution in [2.24, 2.45) is 5.16 Å². The van der Waals surface area contributed by atoms with Gasteiger partial charge in [-0.3, -0.25) is 14.5 Å². The van der Waals surface area contributed by atoms with E-state index in [0.717, 1.165) is 42.8 Å². The monoisotopic (exact) mass is 684 g/mol. The van der Waals surface area contributed by atoms with E-state index in [1.54, 1.807) is 24.3 Å². The fraction of sp³-hybridized carbons (Fsp3) is 0.250. The number of aromatic nitrogens is 3. The Morgan fingerprint density at radius 1 is 1.29 bits per heavy atom. The molecule has 0 radical (unpaired) electrons. The number of pyridine rings is 1. The van der Waals surface area contributed by atoms with Crippen molar-refractivity contribution in [3.63, 3.8) is 0 Å². The first-order valence-corrected chi connectivity index (χ1v) is 17.2. The number of methoxy groups -OCH3 is 1. The summed E-state index contributed by atoms with van der Waals surface area (Å²) in [6.45, 7) is 0.243. The number of carboxylic acid groups (broad SMARTS) is 1. The first-order chi connectivity index (χ1) is 21.7. The standard InChI is InChI=1S/C28H25N7O6S4/c1-40-18-8-14(42-3)4-5-15(18)24-30-16-10-34(7-6-19(16)45-24)9-13-11-43-26-21(25(37)35(26)22(13)27(38)39)32-23(36)20(33-41-2)17-12-44-28(29)31-17/h4-8,10,12,21,26H,9,11H2,1-3H3,(H3-,29,31,32,36,38,39)/p+1/t21?,26-/m0/s1. The largest absolute Gasteiger partial charge is 0.496 e. The van der Waals surface area contributed by atoms with Crippen LogP contribution in [0.5, 0.6) is 5.75 Å². The van der Waals surface area contributed by atoms with Crippen molar-refractivity contribution in [3.05, 3.63) is 59.0 Å². The summed E-state index contributed by atoms with van der Waals surface area (Å²) in [6.07, 6.45) is 5.74. The minimum absolute atomic E-state index is 0.0857. The lowest BCUT2D eigenvalue weighted by molar-refractivity contribution is -0.687. The minimum Gasteiger partial charge on any atom is -0.496 e. The molecule has 0 spiro atoms. The van der Waals surface area contributed by atoms with E-state index in [0.29, 0.717) is 11.3 Å². The molecule has 6 rings (SSSR count). The van der Waals surface area contributed by atoms with Gasteiger partial charge in [0.1, 0.15) is 46.2 Å². The van der Waals surface area contributed by atoms with Gasteiger partial charge in [0.25, 0.3) is 11.8 Å². The summed E-state index contributed by atoms with van der Waals surface area (Å²) in [4.78, 5) is 54.7. The van der Waals surface area contributed by atoms with Crippen molar-refractivity contribution < 1.29 is 33.6 Å². The highest BCUT2D eigenvalue weighted by molar-refractivity contribution is 8.00. The second-order valence-electron chi connectivity index (χ2n) is 9.76. The number of β-lactam (4-membered cyclic amide) rings is 1. The Balaban J connectivity index is 1.22. The summed E-state index contributed by atoms with van der Waals surface area (Å²) in [5, 5.41) is 18.6. The first-order valence-electron chi connectivity index (χ1n) is 13.3. The molecule has 17 heteroatoms. The van der Waals surface area contributed by atoms with Crippen LogP contribution in [0.15, 0.2) is 63.4 Å². The van der Waals surface area contributed by atoms with E-state index in [1.807, 2.05) is 47.5 Å². The number of nitrogens with one attached hydrogen (secondary N) is 1. The van der Waals surface area contributed by atoms with Gasteiger partial charge in [0.15, 0.2) is 29.8 Å². The average molecular weight is 685 g/mol. The number of nitrogens with two attached hydrogens (primary N) is 1. The molecule has 2 aliphatic heterocycles.